The zero-order chi connectivity index (χ0) is 19.3. The fourth-order valence-corrected chi connectivity index (χ4v) is 3.24. The van der Waals surface area contributed by atoms with E-state index in [0.29, 0.717) is 32.5 Å². The molecule has 1 atom stereocenters. The Bertz CT molecular complexity index is 956. The van der Waals surface area contributed by atoms with E-state index in [0.717, 1.165) is 22.5 Å². The molecule has 1 aromatic carbocycles. The summed E-state index contributed by atoms with van der Waals surface area (Å²) in [5.74, 6) is -0.0164. The molecule has 0 unspecified atom stereocenters. The van der Waals surface area contributed by atoms with Crippen LogP contribution in [0.5, 0.6) is 0 Å². The molecule has 0 radical (unpaired) electrons. The molecule has 8 heteroatoms. The summed E-state index contributed by atoms with van der Waals surface area (Å²) in [4.78, 5) is 20.0. The monoisotopic (exact) mass is 378 g/mol. The number of nitrogens with one attached hydrogen (secondary N) is 1. The third kappa shape index (κ3) is 4.23. The van der Waals surface area contributed by atoms with E-state index in [4.69, 9.17) is 4.74 Å². The number of nitrogens with zero attached hydrogens (tertiary/aromatic N) is 5. The molecule has 0 saturated heterocycles. The topological polar surface area (TPSA) is 94.8 Å². The lowest BCUT2D eigenvalue weighted by atomic mass is 10.1. The fourth-order valence-electron chi connectivity index (χ4n) is 3.24. The van der Waals surface area contributed by atoms with E-state index in [2.05, 4.69) is 44.7 Å². The predicted octanol–water partition coefficient (Wildman–Crippen LogP) is 1.69. The molecule has 28 heavy (non-hydrogen) atoms. The van der Waals surface area contributed by atoms with E-state index >= 15 is 0 Å². The molecule has 1 amide bonds. The minimum absolute atomic E-state index is 0.0164. The van der Waals surface area contributed by atoms with Crippen LogP contribution in [-0.2, 0) is 29.1 Å². The van der Waals surface area contributed by atoms with E-state index < -0.39 is 0 Å². The normalized spacial score (nSPS) is 15.8. The Labute approximate surface area is 163 Å². The van der Waals surface area contributed by atoms with Gasteiger partial charge in [0.15, 0.2) is 0 Å². The second-order valence-corrected chi connectivity index (χ2v) is 6.92. The molecule has 1 aliphatic heterocycles. The van der Waals surface area contributed by atoms with E-state index in [1.54, 1.807) is 12.4 Å². The van der Waals surface area contributed by atoms with Crippen molar-refractivity contribution < 1.29 is 9.53 Å². The maximum atomic E-state index is 12.1. The van der Waals surface area contributed by atoms with E-state index in [1.165, 1.54) is 11.9 Å². The van der Waals surface area contributed by atoms with Gasteiger partial charge in [-0.15, -0.1) is 5.10 Å². The van der Waals surface area contributed by atoms with Gasteiger partial charge in [0.2, 0.25) is 5.91 Å². The Morgan fingerprint density at radius 2 is 2.18 bits per heavy atom. The lowest BCUT2D eigenvalue weighted by Crippen LogP contribution is -2.39. The Morgan fingerprint density at radius 3 is 3.00 bits per heavy atom. The summed E-state index contributed by atoms with van der Waals surface area (Å²) in [7, 11) is 0. The average Bonchev–Trinajstić information content (AvgIpc) is 3.15. The number of aryl methyl sites for hydroxylation is 2. The highest BCUT2D eigenvalue weighted by atomic mass is 16.5. The van der Waals surface area contributed by atoms with Crippen LogP contribution in [0.2, 0.25) is 0 Å². The number of carbonyl (C=O) groups excluding carboxylic acids is 1. The molecule has 0 bridgehead atoms. The molecular weight excluding hydrogens is 356 g/mol. The summed E-state index contributed by atoms with van der Waals surface area (Å²) in [5, 5.41) is 11.5. The van der Waals surface area contributed by atoms with Gasteiger partial charge in [0.25, 0.3) is 0 Å². The van der Waals surface area contributed by atoms with Gasteiger partial charge in [0.1, 0.15) is 12.0 Å². The summed E-state index contributed by atoms with van der Waals surface area (Å²) >= 11 is 0. The molecule has 0 spiro atoms. The van der Waals surface area contributed by atoms with Crippen LogP contribution in [0, 0.1) is 6.92 Å². The maximum Gasteiger partial charge on any atom is 0.220 e. The van der Waals surface area contributed by atoms with Crippen LogP contribution >= 0.6 is 0 Å². The Kier molecular flexibility index (Phi) is 5.38. The van der Waals surface area contributed by atoms with Crippen LogP contribution in [0.25, 0.3) is 11.3 Å². The molecule has 1 aliphatic rings. The number of benzene rings is 1. The van der Waals surface area contributed by atoms with Crippen molar-refractivity contribution in [2.24, 2.45) is 0 Å². The van der Waals surface area contributed by atoms with E-state index in [1.807, 2.05) is 16.8 Å². The van der Waals surface area contributed by atoms with Crippen molar-refractivity contribution in [3.63, 3.8) is 0 Å². The second-order valence-electron chi connectivity index (χ2n) is 6.92. The lowest BCUT2D eigenvalue weighted by Gasteiger charge is -2.24. The summed E-state index contributed by atoms with van der Waals surface area (Å²) in [6.07, 6.45) is 5.82. The first-order chi connectivity index (χ1) is 13.7. The van der Waals surface area contributed by atoms with Crippen molar-refractivity contribution >= 4 is 5.91 Å². The Morgan fingerprint density at radius 1 is 1.32 bits per heavy atom. The molecule has 3 heterocycles. The maximum absolute atomic E-state index is 12.1. The van der Waals surface area contributed by atoms with Crippen LogP contribution in [0.4, 0.5) is 0 Å². The SMILES string of the molecule is Cc1cccc(-c2nnn3c2CO[C@@H](CNC(=O)CCc2cncnc2)C3)c1. The van der Waals surface area contributed by atoms with Crippen LogP contribution in [-0.4, -0.2) is 43.5 Å². The van der Waals surface area contributed by atoms with Crippen molar-refractivity contribution in [1.82, 2.24) is 30.3 Å². The Balaban J connectivity index is 1.31. The third-order valence-corrected chi connectivity index (χ3v) is 4.74. The van der Waals surface area contributed by atoms with Gasteiger partial charge in [-0.2, -0.15) is 0 Å². The molecule has 4 rings (SSSR count). The number of rotatable bonds is 6. The predicted molar refractivity (Wildman–Crippen MR) is 102 cm³/mol. The fraction of sp³-hybridized carbons (Fsp3) is 0.350. The van der Waals surface area contributed by atoms with Crippen molar-refractivity contribution in [3.05, 3.63) is 59.8 Å². The largest absolute Gasteiger partial charge is 0.368 e. The highest BCUT2D eigenvalue weighted by molar-refractivity contribution is 5.76. The summed E-state index contributed by atoms with van der Waals surface area (Å²) in [6.45, 7) is 3.50. The molecule has 3 aromatic rings. The molecule has 0 aliphatic carbocycles. The van der Waals surface area contributed by atoms with Crippen LogP contribution in [0.1, 0.15) is 23.2 Å². The zero-order valence-electron chi connectivity index (χ0n) is 15.7. The van der Waals surface area contributed by atoms with E-state index in [-0.39, 0.29) is 12.0 Å². The first kappa shape index (κ1) is 18.2. The van der Waals surface area contributed by atoms with Gasteiger partial charge < -0.3 is 10.1 Å². The minimum Gasteiger partial charge on any atom is -0.368 e. The Hall–Kier alpha value is -3.13. The summed E-state index contributed by atoms with van der Waals surface area (Å²) in [6, 6.07) is 8.19. The first-order valence-electron chi connectivity index (χ1n) is 9.30. The van der Waals surface area contributed by atoms with Crippen LogP contribution in [0.3, 0.4) is 0 Å². The molecule has 1 N–H and O–H groups in total. The number of hydrogen-bond donors (Lipinski definition) is 1. The van der Waals surface area contributed by atoms with Gasteiger partial charge in [-0.1, -0.05) is 29.0 Å². The quantitative estimate of drug-likeness (QED) is 0.701. The van der Waals surface area contributed by atoms with Gasteiger partial charge in [0, 0.05) is 30.9 Å². The van der Waals surface area contributed by atoms with Gasteiger partial charge in [-0.05, 0) is 25.0 Å². The molecule has 0 fully saturated rings. The standard InChI is InChI=1S/C20H22N6O2/c1-14-3-2-4-16(7-14)20-18-12-28-17(11-26(18)25-24-20)10-23-19(27)6-5-15-8-21-13-22-9-15/h2-4,7-9,13,17H,5-6,10-12H2,1H3,(H,23,27)/t17-/m0/s1. The van der Waals surface area contributed by atoms with Crippen molar-refractivity contribution in [3.8, 4) is 11.3 Å². The molecule has 2 aromatic heterocycles. The third-order valence-electron chi connectivity index (χ3n) is 4.74. The summed E-state index contributed by atoms with van der Waals surface area (Å²) in [5.41, 5.74) is 5.00. The van der Waals surface area contributed by atoms with Crippen molar-refractivity contribution in [1.29, 1.82) is 0 Å². The van der Waals surface area contributed by atoms with Crippen LogP contribution in [0.15, 0.2) is 43.0 Å². The van der Waals surface area contributed by atoms with Crippen molar-refractivity contribution in [2.45, 2.75) is 39.0 Å². The number of carbonyl (C=O) groups is 1. The lowest BCUT2D eigenvalue weighted by molar-refractivity contribution is -0.122. The number of hydrogen-bond acceptors (Lipinski definition) is 6. The first-order valence-corrected chi connectivity index (χ1v) is 9.30. The number of ether oxygens (including phenoxy) is 1. The molecule has 0 saturated carbocycles. The second kappa shape index (κ2) is 8.26. The molecule has 144 valence electrons. The summed E-state index contributed by atoms with van der Waals surface area (Å²) < 4.78 is 7.81. The average molecular weight is 378 g/mol. The highest BCUT2D eigenvalue weighted by Crippen LogP contribution is 2.25. The van der Waals surface area contributed by atoms with Crippen molar-refractivity contribution in [2.75, 3.05) is 6.54 Å². The molecule has 8 nitrogen and oxygen atoms in total. The smallest absolute Gasteiger partial charge is 0.220 e. The molecular formula is C20H22N6O2. The van der Waals surface area contributed by atoms with Crippen LogP contribution < -0.4 is 5.32 Å². The zero-order valence-corrected chi connectivity index (χ0v) is 15.7. The minimum atomic E-state index is -0.122. The van der Waals surface area contributed by atoms with Gasteiger partial charge in [-0.3, -0.25) is 4.79 Å². The number of aromatic nitrogens is 5. The van der Waals surface area contributed by atoms with Gasteiger partial charge >= 0.3 is 0 Å². The van der Waals surface area contributed by atoms with Gasteiger partial charge in [0.05, 0.1) is 24.9 Å². The number of amides is 1. The van der Waals surface area contributed by atoms with E-state index in [9.17, 15) is 4.79 Å². The highest BCUT2D eigenvalue weighted by Gasteiger charge is 2.24. The number of fused-ring (bicyclic) bond motifs is 1. The van der Waals surface area contributed by atoms with Gasteiger partial charge in [-0.25, -0.2) is 14.6 Å².